The maximum Gasteiger partial charge on any atom is 0.251 e. The van der Waals surface area contributed by atoms with Crippen molar-refractivity contribution in [3.63, 3.8) is 0 Å². The average Bonchev–Trinajstić information content (AvgIpc) is 3.31. The van der Waals surface area contributed by atoms with Gasteiger partial charge in [0.2, 0.25) is 35.4 Å². The van der Waals surface area contributed by atoms with Crippen molar-refractivity contribution in [1.29, 1.82) is 0 Å². The number of carbonyl (C=O) groups is 7. The van der Waals surface area contributed by atoms with Crippen molar-refractivity contribution in [2.75, 3.05) is 46.4 Å². The van der Waals surface area contributed by atoms with Crippen LogP contribution in [0.3, 0.4) is 0 Å². The number of rotatable bonds is 19. The summed E-state index contributed by atoms with van der Waals surface area (Å²) < 4.78 is 11.9. The van der Waals surface area contributed by atoms with E-state index in [9.17, 15) is 74.4 Å². The Morgan fingerprint density at radius 1 is 0.659 bits per heavy atom. The van der Waals surface area contributed by atoms with Crippen LogP contribution in [0.5, 0.6) is 11.5 Å². The number of nitrogens with zero attached hydrogens (tertiary/aromatic N) is 3. The first kappa shape index (κ1) is 67.9. The molecule has 4 aromatic rings. The molecule has 7 amide bonds. The summed E-state index contributed by atoms with van der Waals surface area (Å²) in [5.74, 6) is -8.25. The molecule has 0 unspecified atom stereocenters. The van der Waals surface area contributed by atoms with E-state index in [0.717, 1.165) is 70.9 Å². The molecule has 3 aliphatic rings. The van der Waals surface area contributed by atoms with E-state index in [4.69, 9.17) is 9.47 Å². The molecule has 13 N–H and O–H groups in total. The summed E-state index contributed by atoms with van der Waals surface area (Å²) in [7, 11) is 1.77. The number of aliphatic hydroxyl groups is 7. The summed E-state index contributed by atoms with van der Waals surface area (Å²) in [5, 5.41) is 103. The molecule has 3 heterocycles. The number of phenols is 1. The van der Waals surface area contributed by atoms with Crippen molar-refractivity contribution in [3.05, 3.63) is 108 Å². The lowest BCUT2D eigenvalue weighted by Gasteiger charge is -2.34. The minimum absolute atomic E-state index is 0.0466. The van der Waals surface area contributed by atoms with Crippen LogP contribution in [0.4, 0.5) is 0 Å². The van der Waals surface area contributed by atoms with Gasteiger partial charge in [0.05, 0.1) is 37.6 Å². The second kappa shape index (κ2) is 31.0. The van der Waals surface area contributed by atoms with Crippen molar-refractivity contribution >= 4 is 41.4 Å². The van der Waals surface area contributed by atoms with Gasteiger partial charge < -0.3 is 91.6 Å². The van der Waals surface area contributed by atoms with Crippen molar-refractivity contribution in [3.8, 4) is 33.8 Å². The fraction of sp³-hybridized carbons (Fsp3) is 0.508. The monoisotopic (exact) mass is 1220 g/mol. The SMILES string of the molecule is CCCCCOc1ccc(-c2ccc(-c3ccc(C(=O)N[C@@H]4C[C@H](O)[C@@H](OCCN(C)CC)NC(=O)[C@@H]5[C@@H](O)[C@@H](C)CN5C(=O)[C@H]([C@@H](C)O)NC(=O)[C@H]([C@H](O)[C@@H](O)c5ccc(O)cc5)NC(=O)[C@@H]5C[C@@H](O)CN5C(=O)[C@H]([C@@H](C)O)NC4=O)cc3)cc2)cc1. The number of phenolic OH excluding ortho intramolecular Hbond substituents is 1. The molecule has 0 saturated carbocycles. The summed E-state index contributed by atoms with van der Waals surface area (Å²) in [6.45, 7) is 8.17. The normalized spacial score (nSPS) is 26.5. The summed E-state index contributed by atoms with van der Waals surface area (Å²) in [5.41, 5.74) is 3.48. The first-order chi connectivity index (χ1) is 41.9. The Morgan fingerprint density at radius 3 is 1.77 bits per heavy atom. The molecule has 25 heteroatoms. The van der Waals surface area contributed by atoms with Crippen LogP contribution in [0, 0.1) is 5.92 Å². The van der Waals surface area contributed by atoms with E-state index in [2.05, 4.69) is 33.5 Å². The first-order valence-corrected chi connectivity index (χ1v) is 29.8. The average molecular weight is 1230 g/mol. The Bertz CT molecular complexity index is 3010. The lowest BCUT2D eigenvalue weighted by Crippen LogP contribution is -2.64. The smallest absolute Gasteiger partial charge is 0.251 e. The van der Waals surface area contributed by atoms with Gasteiger partial charge in [0, 0.05) is 44.0 Å². The third kappa shape index (κ3) is 17.0. The van der Waals surface area contributed by atoms with Gasteiger partial charge in [-0.15, -0.1) is 0 Å². The zero-order chi connectivity index (χ0) is 64.1. The Hall–Kier alpha value is -7.59. The van der Waals surface area contributed by atoms with E-state index >= 15 is 0 Å². The number of carbonyl (C=O) groups excluding carboxylic acids is 7. The highest BCUT2D eigenvalue weighted by Crippen LogP contribution is 2.30. The summed E-state index contributed by atoms with van der Waals surface area (Å²) in [6.07, 6.45) is -12.6. The van der Waals surface area contributed by atoms with Crippen LogP contribution >= 0.6 is 0 Å². The predicted octanol–water partition coefficient (Wildman–Crippen LogP) is 0.0489. The second-order valence-corrected chi connectivity index (χ2v) is 23.0. The highest BCUT2D eigenvalue weighted by molar-refractivity contribution is 6.00. The molecular formula is C63H84N8O17. The number of amides is 7. The van der Waals surface area contributed by atoms with Gasteiger partial charge in [-0.1, -0.05) is 94.3 Å². The van der Waals surface area contributed by atoms with Gasteiger partial charge in [0.1, 0.15) is 66.1 Å². The standard InChI is InChI=1S/C63H84N8O17/c1-7-9-10-28-87-45-25-21-40(22-26-45)38-13-11-37(12-14-38)39-15-17-42(18-16-39)56(80)64-46-31-48(76)61(88-29-27-69(6)8-2)68-60(84)52-53(77)34(3)32-71(52)63(86)50(36(5)73)66-59(83)51(55(79)54(78)41-19-23-43(74)24-20-41)67-58(82)47-30-44(75)33-70(47)62(85)49(35(4)72)65-57(46)81/h11-26,34-36,44,46-55,61,72-79H,7-10,27-33H2,1-6H3,(H,64,80)(H,65,81)(H,66,83)(H,67,82)(H,68,84)/t34-,35+,36+,44+,46+,47-,48-,49-,50-,51-,52-,53-,54-,55-,61+/m0/s1. The number of unbranched alkanes of at least 4 members (excludes halogenated alkanes) is 2. The van der Waals surface area contributed by atoms with Crippen LogP contribution < -0.4 is 31.3 Å². The topological polar surface area (TPSA) is 370 Å². The quantitative estimate of drug-likeness (QED) is 0.0552. The Labute approximate surface area is 511 Å². The number of benzene rings is 4. The lowest BCUT2D eigenvalue weighted by atomic mass is 9.96. The van der Waals surface area contributed by atoms with E-state index in [1.54, 1.807) is 19.2 Å². The molecule has 4 aromatic carbocycles. The van der Waals surface area contributed by atoms with Crippen molar-refractivity contribution in [2.45, 2.75) is 152 Å². The number of aromatic hydroxyl groups is 1. The maximum atomic E-state index is 14.8. The Kier molecular flexibility index (Phi) is 24.0. The van der Waals surface area contributed by atoms with E-state index in [-0.39, 0.29) is 36.6 Å². The number of fused-ring (bicyclic) bond motifs is 2. The fourth-order valence-corrected chi connectivity index (χ4v) is 10.9. The number of likely N-dealkylation sites (N-methyl/N-ethyl adjacent to an activating group) is 1. The Balaban J connectivity index is 1.23. The molecule has 0 bridgehead atoms. The van der Waals surface area contributed by atoms with Crippen LogP contribution in [-0.4, -0.2) is 222 Å². The fourth-order valence-electron chi connectivity index (χ4n) is 10.9. The van der Waals surface area contributed by atoms with Gasteiger partial charge in [0.15, 0.2) is 6.23 Å². The molecule has 15 atom stereocenters. The molecule has 25 nitrogen and oxygen atoms in total. The molecule has 0 spiro atoms. The van der Waals surface area contributed by atoms with Crippen LogP contribution in [0.25, 0.3) is 22.3 Å². The molecule has 478 valence electrons. The first-order valence-electron chi connectivity index (χ1n) is 29.8. The molecule has 0 aromatic heterocycles. The Morgan fingerprint density at radius 2 is 1.20 bits per heavy atom. The van der Waals surface area contributed by atoms with Crippen LogP contribution in [0.1, 0.15) is 88.7 Å². The zero-order valence-corrected chi connectivity index (χ0v) is 50.3. The minimum Gasteiger partial charge on any atom is -0.508 e. The summed E-state index contributed by atoms with van der Waals surface area (Å²) >= 11 is 0. The summed E-state index contributed by atoms with van der Waals surface area (Å²) in [6, 6.07) is 15.3. The molecule has 0 radical (unpaired) electrons. The number of aliphatic hydroxyl groups excluding tert-OH is 7. The predicted molar refractivity (Wildman–Crippen MR) is 320 cm³/mol. The van der Waals surface area contributed by atoms with Gasteiger partial charge in [0.25, 0.3) is 5.91 Å². The third-order valence-corrected chi connectivity index (χ3v) is 16.3. The van der Waals surface area contributed by atoms with E-state index < -0.39 is 152 Å². The number of hydrogen-bond donors (Lipinski definition) is 13. The molecular weight excluding hydrogens is 1140 g/mol. The molecule has 88 heavy (non-hydrogen) atoms. The van der Waals surface area contributed by atoms with Crippen molar-refractivity contribution < 1.29 is 83.9 Å². The van der Waals surface area contributed by atoms with Gasteiger partial charge >= 0.3 is 0 Å². The molecule has 3 aliphatic heterocycles. The second-order valence-electron chi connectivity index (χ2n) is 23.0. The number of ether oxygens (including phenoxy) is 2. The van der Waals surface area contributed by atoms with Gasteiger partial charge in [-0.05, 0) is 98.1 Å². The molecule has 3 fully saturated rings. The van der Waals surface area contributed by atoms with Gasteiger partial charge in [-0.25, -0.2) is 0 Å². The summed E-state index contributed by atoms with van der Waals surface area (Å²) in [4.78, 5) is 106. The number of hydrogen-bond acceptors (Lipinski definition) is 18. The molecule has 3 saturated heterocycles. The van der Waals surface area contributed by atoms with Crippen molar-refractivity contribution in [2.24, 2.45) is 5.92 Å². The van der Waals surface area contributed by atoms with Crippen molar-refractivity contribution in [1.82, 2.24) is 41.3 Å². The molecule has 7 rings (SSSR count). The maximum absolute atomic E-state index is 14.8. The van der Waals surface area contributed by atoms with E-state index in [0.29, 0.717) is 13.2 Å². The van der Waals surface area contributed by atoms with Gasteiger partial charge in [-0.2, -0.15) is 0 Å². The van der Waals surface area contributed by atoms with E-state index in [1.807, 2.05) is 60.4 Å². The molecule has 0 aliphatic carbocycles. The third-order valence-electron chi connectivity index (χ3n) is 16.3. The van der Waals surface area contributed by atoms with Crippen LogP contribution in [0.2, 0.25) is 0 Å². The largest absolute Gasteiger partial charge is 0.508 e. The number of nitrogens with one attached hydrogen (secondary N) is 5. The lowest BCUT2D eigenvalue weighted by molar-refractivity contribution is -0.149. The van der Waals surface area contributed by atoms with Crippen LogP contribution in [0.15, 0.2) is 97.1 Å². The van der Waals surface area contributed by atoms with Crippen LogP contribution in [-0.2, 0) is 33.5 Å². The highest BCUT2D eigenvalue weighted by Gasteiger charge is 2.50. The highest BCUT2D eigenvalue weighted by atomic mass is 16.5. The van der Waals surface area contributed by atoms with Gasteiger partial charge in [-0.3, -0.25) is 33.6 Å². The zero-order valence-electron chi connectivity index (χ0n) is 50.3. The minimum atomic E-state index is -2.29. The van der Waals surface area contributed by atoms with E-state index in [1.165, 1.54) is 43.3 Å².